The van der Waals surface area contributed by atoms with Gasteiger partial charge in [0.2, 0.25) is 5.95 Å². The molecule has 2 aliphatic rings. The van der Waals surface area contributed by atoms with E-state index in [1.54, 1.807) is 0 Å². The van der Waals surface area contributed by atoms with Gasteiger partial charge in [-0.25, -0.2) is 4.98 Å². The van der Waals surface area contributed by atoms with E-state index in [9.17, 15) is 18.0 Å². The van der Waals surface area contributed by atoms with Gasteiger partial charge in [-0.15, -0.1) is 0 Å². The maximum atomic E-state index is 12.5. The van der Waals surface area contributed by atoms with Crippen molar-refractivity contribution < 1.29 is 18.0 Å². The summed E-state index contributed by atoms with van der Waals surface area (Å²) in [5.41, 5.74) is -1.56. The van der Waals surface area contributed by atoms with Crippen molar-refractivity contribution in [1.29, 1.82) is 0 Å². The summed E-state index contributed by atoms with van der Waals surface area (Å²) in [4.78, 5) is 24.2. The monoisotopic (exact) mass is 493 g/mol. The summed E-state index contributed by atoms with van der Waals surface area (Å²) in [6, 6.07) is 5.81. The molecule has 10 heteroatoms. The average molecular weight is 494 g/mol. The number of carbonyl (C=O) groups excluding carboxylic acids is 1. The van der Waals surface area contributed by atoms with Gasteiger partial charge in [-0.2, -0.15) is 18.2 Å². The predicted octanol–water partition coefficient (Wildman–Crippen LogP) is 5.19. The lowest BCUT2D eigenvalue weighted by molar-refractivity contribution is -0.0328. The molecule has 6 nitrogen and oxygen atoms in total. The van der Waals surface area contributed by atoms with E-state index in [2.05, 4.69) is 15.5 Å². The molecule has 2 aliphatic carbocycles. The number of rotatable bonds is 6. The van der Waals surface area contributed by atoms with E-state index in [1.807, 2.05) is 14.1 Å². The van der Waals surface area contributed by atoms with Crippen LogP contribution in [0.25, 0.3) is 0 Å². The lowest BCUT2D eigenvalue weighted by atomic mass is 9.91. The predicted molar refractivity (Wildman–Crippen MR) is 128 cm³/mol. The fourth-order valence-corrected chi connectivity index (χ4v) is 5.19. The van der Waals surface area contributed by atoms with Gasteiger partial charge < -0.3 is 15.5 Å². The number of hydrogen-bond donors (Lipinski definition) is 2. The Morgan fingerprint density at radius 3 is 2.29 bits per heavy atom. The van der Waals surface area contributed by atoms with Crippen molar-refractivity contribution in [2.75, 3.05) is 24.3 Å². The Morgan fingerprint density at radius 1 is 1.00 bits per heavy atom. The molecule has 0 unspecified atom stereocenters. The molecule has 0 bridgehead atoms. The van der Waals surface area contributed by atoms with Crippen LogP contribution in [0.1, 0.15) is 60.1 Å². The summed E-state index contributed by atoms with van der Waals surface area (Å²) in [6.45, 7) is 0. The third-order valence-corrected chi connectivity index (χ3v) is 7.07. The molecule has 0 atom stereocenters. The van der Waals surface area contributed by atoms with Crippen molar-refractivity contribution >= 4 is 29.4 Å². The lowest BCUT2D eigenvalue weighted by Gasteiger charge is -2.30. The molecule has 1 fully saturated rings. The zero-order valence-corrected chi connectivity index (χ0v) is 20.2. The first-order valence-electron chi connectivity index (χ1n) is 11.7. The number of nitrogens with one attached hydrogen (secondary N) is 2. The number of alkyl halides is 3. The smallest absolute Gasteiger partial charge is 0.362 e. The van der Waals surface area contributed by atoms with Gasteiger partial charge in [-0.1, -0.05) is 0 Å². The van der Waals surface area contributed by atoms with E-state index in [4.69, 9.17) is 9.97 Å². The molecule has 34 heavy (non-hydrogen) atoms. The largest absolute Gasteiger partial charge is 0.446 e. The Labute approximate surface area is 202 Å². The topological polar surface area (TPSA) is 70.2 Å². The van der Waals surface area contributed by atoms with Crippen LogP contribution in [0.3, 0.4) is 0 Å². The molecule has 2 aromatic rings. The van der Waals surface area contributed by atoms with Crippen molar-refractivity contribution in [3.63, 3.8) is 0 Å². The summed E-state index contributed by atoms with van der Waals surface area (Å²) in [6.07, 6.45) is 7.74. The Hall–Kier alpha value is -2.49. The minimum Gasteiger partial charge on any atom is -0.362 e. The number of halogens is 3. The number of anilines is 2. The first-order chi connectivity index (χ1) is 16.2. The van der Waals surface area contributed by atoms with E-state index in [1.165, 1.54) is 36.2 Å². The number of carbonyl (C=O) groups is 1. The van der Waals surface area contributed by atoms with Crippen molar-refractivity contribution in [1.82, 2.24) is 15.3 Å². The number of fused-ring (bicyclic) bond motifs is 1. The van der Waals surface area contributed by atoms with E-state index < -0.39 is 5.51 Å². The van der Waals surface area contributed by atoms with Crippen LogP contribution < -0.4 is 15.5 Å². The maximum absolute atomic E-state index is 12.5. The minimum absolute atomic E-state index is 0.0385. The van der Waals surface area contributed by atoms with E-state index in [0.29, 0.717) is 11.5 Å². The van der Waals surface area contributed by atoms with Gasteiger partial charge in [0.1, 0.15) is 5.82 Å². The van der Waals surface area contributed by atoms with Gasteiger partial charge in [-0.3, -0.25) is 4.79 Å². The second-order valence-electron chi connectivity index (χ2n) is 9.14. The van der Waals surface area contributed by atoms with Crippen LogP contribution in [0, 0.1) is 0 Å². The van der Waals surface area contributed by atoms with Gasteiger partial charge in [-0.05, 0) is 87.4 Å². The second kappa shape index (κ2) is 10.4. The van der Waals surface area contributed by atoms with Crippen LogP contribution in [0.4, 0.5) is 24.9 Å². The summed E-state index contributed by atoms with van der Waals surface area (Å²) >= 11 is -0.184. The SMILES string of the molecule is CN(C)c1nc(NC2CCC(NC(=O)c3ccc(SC(F)(F)F)cc3)CC2)nc2c1CCCC2. The zero-order chi connectivity index (χ0) is 24.3. The molecule has 1 aromatic heterocycles. The molecule has 1 saturated carbocycles. The van der Waals surface area contributed by atoms with Gasteiger partial charge in [0.15, 0.2) is 0 Å². The van der Waals surface area contributed by atoms with Gasteiger partial charge in [0.25, 0.3) is 5.91 Å². The summed E-state index contributed by atoms with van der Waals surface area (Å²) in [5, 5.41) is 6.52. The van der Waals surface area contributed by atoms with E-state index >= 15 is 0 Å². The molecule has 0 aliphatic heterocycles. The number of amides is 1. The standard InChI is InChI=1S/C24H30F3N5OS/c1-32(2)21-19-5-3-4-6-20(19)30-23(31-21)29-17-11-9-16(10-12-17)28-22(33)15-7-13-18(14-8-15)34-24(25,26)27/h7-8,13-14,16-17H,3-6,9-12H2,1-2H3,(H,28,33)(H,29,30,31). The van der Waals surface area contributed by atoms with Crippen LogP contribution in [0.5, 0.6) is 0 Å². The number of hydrogen-bond acceptors (Lipinski definition) is 6. The number of thioether (sulfide) groups is 1. The van der Waals surface area contributed by atoms with Gasteiger partial charge >= 0.3 is 5.51 Å². The first-order valence-corrected chi connectivity index (χ1v) is 12.5. The summed E-state index contributed by atoms with van der Waals surface area (Å²) in [7, 11) is 4.02. The fraction of sp³-hybridized carbons (Fsp3) is 0.542. The van der Waals surface area contributed by atoms with E-state index in [0.717, 1.165) is 56.5 Å². The maximum Gasteiger partial charge on any atom is 0.446 e. The highest BCUT2D eigenvalue weighted by Gasteiger charge is 2.29. The molecule has 0 saturated heterocycles. The van der Waals surface area contributed by atoms with Gasteiger partial charge in [0, 0.05) is 42.2 Å². The van der Waals surface area contributed by atoms with Crippen LogP contribution in [-0.4, -0.2) is 47.6 Å². The highest BCUT2D eigenvalue weighted by atomic mass is 32.2. The van der Waals surface area contributed by atoms with E-state index in [-0.39, 0.29) is 34.6 Å². The minimum atomic E-state index is -4.34. The van der Waals surface area contributed by atoms with Crippen molar-refractivity contribution in [3.8, 4) is 0 Å². The molecule has 184 valence electrons. The molecule has 1 heterocycles. The van der Waals surface area contributed by atoms with Gasteiger partial charge in [0.05, 0.1) is 5.69 Å². The van der Waals surface area contributed by atoms with Crippen molar-refractivity contribution in [2.45, 2.75) is 73.9 Å². The second-order valence-corrected chi connectivity index (χ2v) is 10.3. The molecule has 4 rings (SSSR count). The molecule has 1 aromatic carbocycles. The third kappa shape index (κ3) is 6.34. The number of aryl methyl sites for hydroxylation is 1. The van der Waals surface area contributed by atoms with Crippen molar-refractivity contribution in [2.24, 2.45) is 0 Å². The Kier molecular flexibility index (Phi) is 7.54. The van der Waals surface area contributed by atoms with Crippen LogP contribution in [0.15, 0.2) is 29.2 Å². The normalized spacial score (nSPS) is 20.4. The van der Waals surface area contributed by atoms with Crippen LogP contribution >= 0.6 is 11.8 Å². The molecule has 0 spiro atoms. The zero-order valence-electron chi connectivity index (χ0n) is 19.4. The van der Waals surface area contributed by atoms with Crippen LogP contribution in [-0.2, 0) is 12.8 Å². The quantitative estimate of drug-likeness (QED) is 0.540. The highest BCUT2D eigenvalue weighted by Crippen LogP contribution is 2.36. The molecule has 0 radical (unpaired) electrons. The van der Waals surface area contributed by atoms with Crippen molar-refractivity contribution in [3.05, 3.63) is 41.1 Å². The Balaban J connectivity index is 1.30. The first kappa shape index (κ1) is 24.6. The summed E-state index contributed by atoms with van der Waals surface area (Å²) in [5.74, 6) is 1.41. The fourth-order valence-electron chi connectivity index (χ4n) is 4.65. The molecular weight excluding hydrogens is 463 g/mol. The third-order valence-electron chi connectivity index (χ3n) is 6.33. The number of benzene rings is 1. The summed E-state index contributed by atoms with van der Waals surface area (Å²) < 4.78 is 37.4. The van der Waals surface area contributed by atoms with Crippen LogP contribution in [0.2, 0.25) is 0 Å². The highest BCUT2D eigenvalue weighted by molar-refractivity contribution is 8.00. The lowest BCUT2D eigenvalue weighted by Crippen LogP contribution is -2.40. The Bertz CT molecular complexity index is 1000. The molecule has 2 N–H and O–H groups in total. The number of nitrogens with zero attached hydrogens (tertiary/aromatic N) is 3. The molecule has 1 amide bonds. The Morgan fingerprint density at radius 2 is 1.65 bits per heavy atom. The average Bonchev–Trinajstić information content (AvgIpc) is 2.79. The molecular formula is C24H30F3N5OS. The number of aromatic nitrogens is 2.